The zero-order valence-electron chi connectivity index (χ0n) is 20.9. The second-order valence-corrected chi connectivity index (χ2v) is 12.3. The lowest BCUT2D eigenvalue weighted by atomic mass is 9.93. The molecule has 0 bridgehead atoms. The molecule has 1 amide bonds. The van der Waals surface area contributed by atoms with Crippen LogP contribution in [0.25, 0.3) is 5.69 Å². The molecule has 1 saturated carbocycles. The number of carbonyl (C=O) groups excluding carboxylic acids is 1. The molecule has 0 atom stereocenters. The smallest absolute Gasteiger partial charge is 0.254 e. The fraction of sp³-hybridized carbons (Fsp3) is 0.448. The van der Waals surface area contributed by atoms with Crippen molar-refractivity contribution >= 4 is 51.1 Å². The summed E-state index contributed by atoms with van der Waals surface area (Å²) in [6, 6.07) is 9.10. The van der Waals surface area contributed by atoms with Crippen LogP contribution in [0.4, 0.5) is 5.00 Å². The summed E-state index contributed by atoms with van der Waals surface area (Å²) in [7, 11) is 0. The molecular weight excluding hydrogens is 565 g/mol. The maximum absolute atomic E-state index is 13.5. The van der Waals surface area contributed by atoms with Gasteiger partial charge in [0.25, 0.3) is 5.91 Å². The van der Waals surface area contributed by atoms with Crippen molar-refractivity contribution in [3.05, 3.63) is 66.4 Å². The minimum Gasteiger partial charge on any atom is -0.349 e. The van der Waals surface area contributed by atoms with Gasteiger partial charge in [0.15, 0.2) is 0 Å². The number of hydrogen-bond acceptors (Lipinski definition) is 3. The average molecular weight is 600 g/mol. The van der Waals surface area contributed by atoms with Crippen LogP contribution in [0.3, 0.4) is 0 Å². The van der Waals surface area contributed by atoms with E-state index in [1.165, 1.54) is 62.3 Å². The number of halogens is 1. The normalized spacial score (nSPS) is 16.6. The largest absolute Gasteiger partial charge is 0.349 e. The molecule has 2 aliphatic carbocycles. The van der Waals surface area contributed by atoms with Crippen LogP contribution in [0.2, 0.25) is 0 Å². The lowest BCUT2D eigenvalue weighted by Gasteiger charge is -2.23. The van der Waals surface area contributed by atoms with E-state index in [1.807, 2.05) is 6.21 Å². The van der Waals surface area contributed by atoms with E-state index >= 15 is 0 Å². The SMILES string of the molecule is Cc1ccc(-n2c(C)cc(C=Nc3sc4c(c3C(=O)NC3CCCCC3)CCCC4)c2C)cc1I. The Morgan fingerprint density at radius 2 is 1.86 bits per heavy atom. The Morgan fingerprint density at radius 3 is 2.63 bits per heavy atom. The number of fused-ring (bicyclic) bond motifs is 1. The Kier molecular flexibility index (Phi) is 7.49. The standard InChI is InChI=1S/C29H34IN3OS/c1-18-13-14-23(16-25(18)30)33-19(2)15-21(20(33)3)17-31-29-27(24-11-7-8-12-26(24)35-29)28(34)32-22-9-5-4-6-10-22/h13-17,22H,4-12H2,1-3H3,(H,32,34). The first-order valence-electron chi connectivity index (χ1n) is 12.9. The van der Waals surface area contributed by atoms with Crippen LogP contribution in [0.15, 0.2) is 29.3 Å². The number of hydrogen-bond donors (Lipinski definition) is 1. The fourth-order valence-electron chi connectivity index (χ4n) is 5.55. The van der Waals surface area contributed by atoms with E-state index < -0.39 is 0 Å². The van der Waals surface area contributed by atoms with Gasteiger partial charge in [0.2, 0.25) is 0 Å². The van der Waals surface area contributed by atoms with Gasteiger partial charge in [-0.3, -0.25) is 4.79 Å². The van der Waals surface area contributed by atoms with Crippen molar-refractivity contribution in [1.29, 1.82) is 0 Å². The molecule has 35 heavy (non-hydrogen) atoms. The number of aliphatic imine (C=N–C) groups is 1. The first kappa shape index (κ1) is 24.8. The molecule has 3 aromatic rings. The van der Waals surface area contributed by atoms with Gasteiger partial charge in [-0.25, -0.2) is 4.99 Å². The van der Waals surface area contributed by atoms with Crippen molar-refractivity contribution in [2.45, 2.75) is 84.6 Å². The van der Waals surface area contributed by atoms with Crippen LogP contribution in [-0.4, -0.2) is 22.7 Å². The predicted molar refractivity (Wildman–Crippen MR) is 155 cm³/mol. The second kappa shape index (κ2) is 10.6. The number of aromatic nitrogens is 1. The van der Waals surface area contributed by atoms with Gasteiger partial charge in [-0.15, -0.1) is 11.3 Å². The third-order valence-electron chi connectivity index (χ3n) is 7.52. The molecule has 5 rings (SSSR count). The summed E-state index contributed by atoms with van der Waals surface area (Å²) in [4.78, 5) is 19.8. The topological polar surface area (TPSA) is 46.4 Å². The maximum Gasteiger partial charge on any atom is 0.254 e. The minimum absolute atomic E-state index is 0.0863. The first-order chi connectivity index (χ1) is 16.9. The Balaban J connectivity index is 1.46. The summed E-state index contributed by atoms with van der Waals surface area (Å²) in [6.07, 6.45) is 12.3. The Morgan fingerprint density at radius 1 is 1.09 bits per heavy atom. The third kappa shape index (κ3) is 5.15. The zero-order valence-corrected chi connectivity index (χ0v) is 23.9. The molecule has 2 aromatic heterocycles. The Bertz CT molecular complexity index is 1280. The number of aryl methyl sites for hydroxylation is 3. The van der Waals surface area contributed by atoms with E-state index in [0.717, 1.165) is 48.2 Å². The van der Waals surface area contributed by atoms with E-state index in [-0.39, 0.29) is 5.91 Å². The molecule has 0 spiro atoms. The van der Waals surface area contributed by atoms with Gasteiger partial charge < -0.3 is 9.88 Å². The first-order valence-corrected chi connectivity index (χ1v) is 14.8. The number of thiophene rings is 1. The fourth-order valence-corrected chi connectivity index (χ4v) is 7.28. The molecule has 4 nitrogen and oxygen atoms in total. The number of carbonyl (C=O) groups is 1. The highest BCUT2D eigenvalue weighted by molar-refractivity contribution is 14.1. The molecule has 0 aliphatic heterocycles. The van der Waals surface area contributed by atoms with E-state index in [1.54, 1.807) is 11.3 Å². The lowest BCUT2D eigenvalue weighted by molar-refractivity contribution is 0.0927. The van der Waals surface area contributed by atoms with Crippen molar-refractivity contribution in [2.75, 3.05) is 0 Å². The van der Waals surface area contributed by atoms with Crippen molar-refractivity contribution < 1.29 is 4.79 Å². The van der Waals surface area contributed by atoms with Gasteiger partial charge in [-0.2, -0.15) is 0 Å². The number of benzene rings is 1. The summed E-state index contributed by atoms with van der Waals surface area (Å²) >= 11 is 4.12. The summed E-state index contributed by atoms with van der Waals surface area (Å²) in [5.74, 6) is 0.0863. The number of amides is 1. The van der Waals surface area contributed by atoms with Crippen LogP contribution in [0.1, 0.15) is 88.3 Å². The quantitative estimate of drug-likeness (QED) is 0.237. The molecule has 1 fully saturated rings. The van der Waals surface area contributed by atoms with Crippen LogP contribution in [-0.2, 0) is 12.8 Å². The van der Waals surface area contributed by atoms with E-state index in [9.17, 15) is 4.79 Å². The van der Waals surface area contributed by atoms with Gasteiger partial charge in [0, 0.05) is 43.3 Å². The van der Waals surface area contributed by atoms with E-state index in [2.05, 4.69) is 77.5 Å². The molecule has 2 aliphatic rings. The summed E-state index contributed by atoms with van der Waals surface area (Å²) in [5, 5.41) is 4.23. The number of nitrogens with zero attached hydrogens (tertiary/aromatic N) is 2. The van der Waals surface area contributed by atoms with Crippen LogP contribution in [0, 0.1) is 24.3 Å². The highest BCUT2D eigenvalue weighted by Crippen LogP contribution is 2.40. The number of rotatable bonds is 5. The lowest BCUT2D eigenvalue weighted by Crippen LogP contribution is -2.36. The third-order valence-corrected chi connectivity index (χ3v) is 9.89. The van der Waals surface area contributed by atoms with E-state index in [0.29, 0.717) is 6.04 Å². The molecule has 184 valence electrons. The predicted octanol–water partition coefficient (Wildman–Crippen LogP) is 7.76. The Labute approximate surface area is 226 Å². The molecule has 2 heterocycles. The second-order valence-electron chi connectivity index (χ2n) is 10.1. The van der Waals surface area contributed by atoms with Gasteiger partial charge in [0.1, 0.15) is 5.00 Å². The molecule has 6 heteroatoms. The van der Waals surface area contributed by atoms with Crippen LogP contribution in [0.5, 0.6) is 0 Å². The highest BCUT2D eigenvalue weighted by Gasteiger charge is 2.27. The molecule has 0 saturated heterocycles. The molecule has 0 radical (unpaired) electrons. The van der Waals surface area contributed by atoms with Crippen molar-refractivity contribution in [1.82, 2.24) is 9.88 Å². The molecular formula is C29H34IN3OS. The maximum atomic E-state index is 13.5. The summed E-state index contributed by atoms with van der Waals surface area (Å²) < 4.78 is 3.56. The molecule has 1 N–H and O–H groups in total. The summed E-state index contributed by atoms with van der Waals surface area (Å²) in [5.41, 5.74) is 8.01. The zero-order chi connectivity index (χ0) is 24.5. The number of nitrogens with one attached hydrogen (secondary N) is 1. The van der Waals surface area contributed by atoms with E-state index in [4.69, 9.17) is 4.99 Å². The van der Waals surface area contributed by atoms with Crippen LogP contribution >= 0.6 is 33.9 Å². The van der Waals surface area contributed by atoms with Crippen molar-refractivity contribution in [2.24, 2.45) is 4.99 Å². The van der Waals surface area contributed by atoms with Crippen LogP contribution < -0.4 is 5.32 Å². The average Bonchev–Trinajstić information content (AvgIpc) is 3.36. The highest BCUT2D eigenvalue weighted by atomic mass is 127. The van der Waals surface area contributed by atoms with Crippen molar-refractivity contribution in [3.8, 4) is 5.69 Å². The summed E-state index contributed by atoms with van der Waals surface area (Å²) in [6.45, 7) is 6.43. The van der Waals surface area contributed by atoms with Gasteiger partial charge in [-0.1, -0.05) is 25.3 Å². The van der Waals surface area contributed by atoms with Crippen molar-refractivity contribution in [3.63, 3.8) is 0 Å². The minimum atomic E-state index is 0.0863. The van der Waals surface area contributed by atoms with Gasteiger partial charge in [-0.05, 0) is 111 Å². The molecule has 1 aromatic carbocycles. The Hall–Kier alpha value is -1.93. The monoisotopic (exact) mass is 599 g/mol. The molecule has 0 unspecified atom stereocenters. The van der Waals surface area contributed by atoms with Gasteiger partial charge in [0.05, 0.1) is 5.56 Å². The van der Waals surface area contributed by atoms with Gasteiger partial charge >= 0.3 is 0 Å².